The summed E-state index contributed by atoms with van der Waals surface area (Å²) < 4.78 is 19.3. The van der Waals surface area contributed by atoms with Crippen LogP contribution < -0.4 is 5.73 Å². The Morgan fingerprint density at radius 2 is 1.95 bits per heavy atom. The lowest BCUT2D eigenvalue weighted by Gasteiger charge is -2.09. The molecule has 0 fully saturated rings. The van der Waals surface area contributed by atoms with Gasteiger partial charge in [-0.1, -0.05) is 17.7 Å². The van der Waals surface area contributed by atoms with Crippen molar-refractivity contribution in [1.82, 2.24) is 0 Å². The number of fused-ring (bicyclic) bond motifs is 1. The highest BCUT2D eigenvalue weighted by Gasteiger charge is 2.15. The van der Waals surface area contributed by atoms with Crippen LogP contribution in [0.25, 0.3) is 11.0 Å². The molecule has 0 aliphatic rings. The highest BCUT2D eigenvalue weighted by atomic mass is 79.9. The van der Waals surface area contributed by atoms with E-state index in [2.05, 4.69) is 15.9 Å². The van der Waals surface area contributed by atoms with Gasteiger partial charge in [-0.2, -0.15) is 0 Å². The second kappa shape index (κ2) is 5.20. The van der Waals surface area contributed by atoms with Gasteiger partial charge in [-0.25, -0.2) is 4.39 Å². The molecule has 0 saturated heterocycles. The van der Waals surface area contributed by atoms with Gasteiger partial charge in [0, 0.05) is 10.4 Å². The fourth-order valence-electron chi connectivity index (χ4n) is 2.06. The van der Waals surface area contributed by atoms with Gasteiger partial charge in [0.05, 0.1) is 10.5 Å². The van der Waals surface area contributed by atoms with Gasteiger partial charge in [0.2, 0.25) is 0 Å². The van der Waals surface area contributed by atoms with Crippen LogP contribution >= 0.6 is 27.5 Å². The molecule has 5 heteroatoms. The Kier molecular flexibility index (Phi) is 3.54. The van der Waals surface area contributed by atoms with Crippen LogP contribution in [-0.2, 0) is 0 Å². The van der Waals surface area contributed by atoms with Crippen LogP contribution in [-0.4, -0.2) is 0 Å². The van der Waals surface area contributed by atoms with Gasteiger partial charge in [-0.3, -0.25) is 0 Å². The number of hydrogen-bond donors (Lipinski definition) is 1. The number of benzene rings is 2. The van der Waals surface area contributed by atoms with Gasteiger partial charge in [-0.05, 0) is 57.9 Å². The Hall–Kier alpha value is -1.36. The zero-order valence-corrected chi connectivity index (χ0v) is 12.6. The minimum atomic E-state index is -0.460. The van der Waals surface area contributed by atoms with Gasteiger partial charge >= 0.3 is 0 Å². The predicted molar refractivity (Wildman–Crippen MR) is 81.4 cm³/mol. The summed E-state index contributed by atoms with van der Waals surface area (Å²) in [4.78, 5) is 0. The molecule has 1 unspecified atom stereocenters. The average Bonchev–Trinajstić information content (AvgIpc) is 2.84. The Morgan fingerprint density at radius 3 is 2.70 bits per heavy atom. The van der Waals surface area contributed by atoms with E-state index in [1.54, 1.807) is 24.3 Å². The highest BCUT2D eigenvalue weighted by Crippen LogP contribution is 2.30. The van der Waals surface area contributed by atoms with Gasteiger partial charge < -0.3 is 10.2 Å². The molecule has 2 aromatic carbocycles. The van der Waals surface area contributed by atoms with E-state index in [9.17, 15) is 4.39 Å². The fourth-order valence-corrected chi connectivity index (χ4v) is 2.64. The molecule has 1 aromatic heterocycles. The second-order valence-corrected chi connectivity index (χ2v) is 5.77. The Morgan fingerprint density at radius 1 is 1.15 bits per heavy atom. The Bertz CT molecular complexity index is 787. The summed E-state index contributed by atoms with van der Waals surface area (Å²) in [5.74, 6) is 0.290. The standard InChI is InChI=1S/C15H10BrClFNO/c16-11-6-8(1-3-12(11)18)15(19)14-7-9-5-10(17)2-4-13(9)20-14/h1-7,15H,19H2. The van der Waals surface area contributed by atoms with Crippen molar-refractivity contribution in [3.8, 4) is 0 Å². The molecule has 3 rings (SSSR count). The van der Waals surface area contributed by atoms with Crippen molar-refractivity contribution >= 4 is 38.5 Å². The van der Waals surface area contributed by atoms with Crippen LogP contribution in [0.15, 0.2) is 51.4 Å². The average molecular weight is 355 g/mol. The molecule has 0 bridgehead atoms. The summed E-state index contributed by atoms with van der Waals surface area (Å²) in [6, 6.07) is 11.4. The minimum absolute atomic E-state index is 0.322. The summed E-state index contributed by atoms with van der Waals surface area (Å²) in [6.45, 7) is 0. The number of halogens is 3. The smallest absolute Gasteiger partial charge is 0.137 e. The number of nitrogens with two attached hydrogens (primary N) is 1. The van der Waals surface area contributed by atoms with Crippen LogP contribution in [0.3, 0.4) is 0 Å². The van der Waals surface area contributed by atoms with Crippen molar-refractivity contribution in [1.29, 1.82) is 0 Å². The molecular weight excluding hydrogens is 345 g/mol. The van der Waals surface area contributed by atoms with Gasteiger partial charge in [0.1, 0.15) is 17.2 Å². The highest BCUT2D eigenvalue weighted by molar-refractivity contribution is 9.10. The third kappa shape index (κ3) is 2.46. The van der Waals surface area contributed by atoms with Crippen LogP contribution in [0.4, 0.5) is 4.39 Å². The molecule has 1 heterocycles. The third-order valence-electron chi connectivity index (χ3n) is 3.11. The molecular formula is C15H10BrClFNO. The zero-order valence-electron chi connectivity index (χ0n) is 10.2. The molecule has 0 radical (unpaired) electrons. The van der Waals surface area contributed by atoms with Gasteiger partial charge in [-0.15, -0.1) is 0 Å². The monoisotopic (exact) mass is 353 g/mol. The van der Waals surface area contributed by atoms with E-state index in [1.807, 2.05) is 12.1 Å². The van der Waals surface area contributed by atoms with Crippen LogP contribution in [0, 0.1) is 5.82 Å². The summed E-state index contributed by atoms with van der Waals surface area (Å²) >= 11 is 9.09. The van der Waals surface area contributed by atoms with Crippen LogP contribution in [0.5, 0.6) is 0 Å². The van der Waals surface area contributed by atoms with Crippen molar-refractivity contribution in [2.75, 3.05) is 0 Å². The Balaban J connectivity index is 2.02. The van der Waals surface area contributed by atoms with Gasteiger partial charge in [0.25, 0.3) is 0 Å². The quantitative estimate of drug-likeness (QED) is 0.700. The zero-order chi connectivity index (χ0) is 14.3. The maximum atomic E-state index is 13.3. The first-order valence-corrected chi connectivity index (χ1v) is 7.11. The first kappa shape index (κ1) is 13.6. The molecule has 1 atom stereocenters. The molecule has 20 heavy (non-hydrogen) atoms. The first-order chi connectivity index (χ1) is 9.54. The lowest BCUT2D eigenvalue weighted by Crippen LogP contribution is -2.10. The molecule has 102 valence electrons. The van der Waals surface area contributed by atoms with E-state index < -0.39 is 6.04 Å². The van der Waals surface area contributed by atoms with Crippen LogP contribution in [0.2, 0.25) is 5.02 Å². The maximum Gasteiger partial charge on any atom is 0.137 e. The lowest BCUT2D eigenvalue weighted by molar-refractivity contribution is 0.524. The van der Waals surface area contributed by atoms with Crippen LogP contribution in [0.1, 0.15) is 17.4 Å². The molecule has 2 nitrogen and oxygen atoms in total. The third-order valence-corrected chi connectivity index (χ3v) is 3.95. The first-order valence-electron chi connectivity index (χ1n) is 5.94. The summed E-state index contributed by atoms with van der Waals surface area (Å²) in [5.41, 5.74) is 7.66. The van der Waals surface area contributed by atoms with Crippen molar-refractivity contribution in [3.63, 3.8) is 0 Å². The van der Waals surface area contributed by atoms with E-state index >= 15 is 0 Å². The summed E-state index contributed by atoms with van der Waals surface area (Å²) in [6.07, 6.45) is 0. The summed E-state index contributed by atoms with van der Waals surface area (Å²) in [7, 11) is 0. The molecule has 0 aliphatic carbocycles. The number of hydrogen-bond acceptors (Lipinski definition) is 2. The SMILES string of the molecule is NC(c1ccc(F)c(Br)c1)c1cc2cc(Cl)ccc2o1. The van der Waals surface area contributed by atoms with E-state index in [4.69, 9.17) is 21.8 Å². The minimum Gasteiger partial charge on any atom is -0.459 e. The fraction of sp³-hybridized carbons (Fsp3) is 0.0667. The van der Waals surface area contributed by atoms with E-state index in [0.29, 0.717) is 15.3 Å². The predicted octanol–water partition coefficient (Wildman–Crippen LogP) is 5.04. The normalized spacial score (nSPS) is 12.8. The van der Waals surface area contributed by atoms with E-state index in [-0.39, 0.29) is 5.82 Å². The molecule has 0 amide bonds. The molecule has 0 saturated carbocycles. The molecule has 0 aliphatic heterocycles. The number of furan rings is 1. The van der Waals surface area contributed by atoms with E-state index in [1.165, 1.54) is 6.07 Å². The second-order valence-electron chi connectivity index (χ2n) is 4.48. The number of rotatable bonds is 2. The topological polar surface area (TPSA) is 39.2 Å². The van der Waals surface area contributed by atoms with Gasteiger partial charge in [0.15, 0.2) is 0 Å². The largest absolute Gasteiger partial charge is 0.459 e. The maximum absolute atomic E-state index is 13.3. The molecule has 0 spiro atoms. The lowest BCUT2D eigenvalue weighted by atomic mass is 10.1. The van der Waals surface area contributed by atoms with Crippen molar-refractivity contribution in [2.45, 2.75) is 6.04 Å². The van der Waals surface area contributed by atoms with E-state index in [0.717, 1.165) is 16.5 Å². The molecule has 3 aromatic rings. The summed E-state index contributed by atoms with van der Waals surface area (Å²) in [5, 5.41) is 1.53. The molecule has 2 N–H and O–H groups in total. The Labute approximate surface area is 128 Å². The van der Waals surface area contributed by atoms with Crippen molar-refractivity contribution < 1.29 is 8.81 Å². The van der Waals surface area contributed by atoms with Crippen molar-refractivity contribution in [3.05, 3.63) is 69.1 Å². The van der Waals surface area contributed by atoms with Crippen molar-refractivity contribution in [2.24, 2.45) is 5.73 Å².